The number of benzene rings is 1. The molecule has 8 nitrogen and oxygen atoms in total. The molecule has 0 aromatic heterocycles. The summed E-state index contributed by atoms with van der Waals surface area (Å²) in [5.41, 5.74) is 1.71. The van der Waals surface area contributed by atoms with Gasteiger partial charge in [-0.05, 0) is 52.2 Å². The van der Waals surface area contributed by atoms with Gasteiger partial charge in [0.05, 0.1) is 6.07 Å². The van der Waals surface area contributed by atoms with Crippen LogP contribution in [-0.2, 0) is 14.3 Å². The van der Waals surface area contributed by atoms with Crippen molar-refractivity contribution in [2.24, 2.45) is 0 Å². The highest BCUT2D eigenvalue weighted by atomic mass is 16.6. The maximum atomic E-state index is 13.2. The van der Waals surface area contributed by atoms with E-state index in [1.165, 1.54) is 4.90 Å². The number of nitrogens with one attached hydrogen (secondary N) is 2. The lowest BCUT2D eigenvalue weighted by Crippen LogP contribution is -2.48. The van der Waals surface area contributed by atoms with Crippen molar-refractivity contribution in [2.45, 2.75) is 72.4 Å². The van der Waals surface area contributed by atoms with Gasteiger partial charge in [0, 0.05) is 6.54 Å². The Labute approximate surface area is 191 Å². The number of nitriles is 1. The van der Waals surface area contributed by atoms with Crippen LogP contribution in [0.25, 0.3) is 0 Å². The molecule has 0 bridgehead atoms. The van der Waals surface area contributed by atoms with E-state index in [2.05, 4.69) is 17.6 Å². The molecule has 1 rings (SSSR count). The molecular formula is C24H36N4O4. The van der Waals surface area contributed by atoms with Gasteiger partial charge in [-0.25, -0.2) is 4.79 Å². The van der Waals surface area contributed by atoms with Crippen LogP contribution in [0.3, 0.4) is 0 Å². The summed E-state index contributed by atoms with van der Waals surface area (Å²) in [6.45, 7) is 10.8. The van der Waals surface area contributed by atoms with Gasteiger partial charge in [0.15, 0.2) is 0 Å². The number of hydrogen-bond donors (Lipinski definition) is 2. The predicted molar refractivity (Wildman–Crippen MR) is 123 cm³/mol. The fourth-order valence-corrected chi connectivity index (χ4v) is 3.15. The zero-order valence-electron chi connectivity index (χ0n) is 20.1. The zero-order valence-corrected chi connectivity index (χ0v) is 20.1. The molecule has 0 saturated carbocycles. The smallest absolute Gasteiger partial charge is 0.408 e. The van der Waals surface area contributed by atoms with Gasteiger partial charge in [-0.15, -0.1) is 0 Å². The highest BCUT2D eigenvalue weighted by molar-refractivity contribution is 5.90. The molecule has 0 fully saturated rings. The average molecular weight is 445 g/mol. The molecule has 1 atom stereocenters. The Hall–Kier alpha value is -3.08. The summed E-state index contributed by atoms with van der Waals surface area (Å²) >= 11 is 0. The summed E-state index contributed by atoms with van der Waals surface area (Å²) in [5, 5.41) is 14.7. The van der Waals surface area contributed by atoms with Crippen molar-refractivity contribution in [2.75, 3.05) is 19.6 Å². The molecule has 0 aliphatic rings. The molecule has 2 N–H and O–H groups in total. The molecule has 0 spiro atoms. The summed E-state index contributed by atoms with van der Waals surface area (Å²) in [4.78, 5) is 39.4. The van der Waals surface area contributed by atoms with Crippen molar-refractivity contribution < 1.29 is 19.1 Å². The Morgan fingerprint density at radius 2 is 1.84 bits per heavy atom. The first kappa shape index (κ1) is 27.0. The largest absolute Gasteiger partial charge is 0.444 e. The number of alkyl carbamates (subject to hydrolysis) is 1. The molecule has 0 heterocycles. The molecule has 0 aliphatic heterocycles. The summed E-state index contributed by atoms with van der Waals surface area (Å²) in [6.07, 6.45) is 2.09. The van der Waals surface area contributed by atoms with Crippen LogP contribution < -0.4 is 10.6 Å². The second-order valence-electron chi connectivity index (χ2n) is 8.80. The molecule has 32 heavy (non-hydrogen) atoms. The van der Waals surface area contributed by atoms with E-state index in [-0.39, 0.29) is 19.0 Å². The minimum atomic E-state index is -0.982. The molecule has 1 aromatic carbocycles. The molecule has 1 aromatic rings. The number of unbranched alkanes of at least 4 members (excludes halogenated alkanes) is 2. The first-order valence-corrected chi connectivity index (χ1v) is 11.0. The Morgan fingerprint density at radius 3 is 2.44 bits per heavy atom. The first-order chi connectivity index (χ1) is 15.0. The number of carbonyl (C=O) groups excluding carboxylic acids is 3. The van der Waals surface area contributed by atoms with E-state index in [1.54, 1.807) is 20.8 Å². The quantitative estimate of drug-likeness (QED) is 0.424. The number of carbonyl (C=O) groups is 3. The topological polar surface area (TPSA) is 112 Å². The number of hydrogen-bond acceptors (Lipinski definition) is 5. The molecule has 0 radical (unpaired) electrons. The third-order valence-corrected chi connectivity index (χ3v) is 4.71. The van der Waals surface area contributed by atoms with Crippen LogP contribution in [0.1, 0.15) is 69.7 Å². The van der Waals surface area contributed by atoms with E-state index in [0.717, 1.165) is 30.4 Å². The van der Waals surface area contributed by atoms with Gasteiger partial charge >= 0.3 is 6.09 Å². The van der Waals surface area contributed by atoms with Crippen LogP contribution >= 0.6 is 0 Å². The highest BCUT2D eigenvalue weighted by Crippen LogP contribution is 2.26. The fraction of sp³-hybridized carbons (Fsp3) is 0.583. The van der Waals surface area contributed by atoms with E-state index in [4.69, 9.17) is 4.74 Å². The van der Waals surface area contributed by atoms with Crippen LogP contribution in [0.2, 0.25) is 0 Å². The Bertz CT molecular complexity index is 839. The Morgan fingerprint density at radius 1 is 1.16 bits per heavy atom. The fourth-order valence-electron chi connectivity index (χ4n) is 3.15. The number of ether oxygens (including phenoxy) is 1. The van der Waals surface area contributed by atoms with Crippen LogP contribution in [0.4, 0.5) is 4.79 Å². The predicted octanol–water partition coefficient (Wildman–Crippen LogP) is 3.53. The first-order valence-electron chi connectivity index (χ1n) is 11.0. The summed E-state index contributed by atoms with van der Waals surface area (Å²) in [7, 11) is 0. The third kappa shape index (κ3) is 8.96. The molecular weight excluding hydrogens is 408 g/mol. The Kier molecular flexibility index (Phi) is 10.7. The number of rotatable bonds is 10. The van der Waals surface area contributed by atoms with Crippen molar-refractivity contribution >= 4 is 17.9 Å². The van der Waals surface area contributed by atoms with E-state index in [9.17, 15) is 19.6 Å². The molecule has 0 aliphatic carbocycles. The standard InChI is InChI=1S/C24H36N4O4/c1-7-8-9-13-26-22(30)21(19-15-17(2)10-11-18(19)3)28(14-12-25)20(29)16-27-23(31)32-24(4,5)6/h10-11,15,21H,7-9,13-14,16H2,1-6H3,(H,26,30)(H,27,31). The van der Waals surface area contributed by atoms with E-state index in [0.29, 0.717) is 12.1 Å². The van der Waals surface area contributed by atoms with Gasteiger partial charge in [-0.2, -0.15) is 5.26 Å². The van der Waals surface area contributed by atoms with Crippen molar-refractivity contribution in [1.29, 1.82) is 5.26 Å². The summed E-state index contributed by atoms with van der Waals surface area (Å²) in [6, 6.07) is 6.65. The number of amides is 3. The van der Waals surface area contributed by atoms with E-state index < -0.39 is 23.6 Å². The normalized spacial score (nSPS) is 11.8. The van der Waals surface area contributed by atoms with Crippen LogP contribution in [0.15, 0.2) is 18.2 Å². The highest BCUT2D eigenvalue weighted by Gasteiger charge is 2.32. The average Bonchev–Trinajstić information content (AvgIpc) is 2.70. The lowest BCUT2D eigenvalue weighted by molar-refractivity contribution is -0.139. The SMILES string of the molecule is CCCCCNC(=O)C(c1cc(C)ccc1C)N(CC#N)C(=O)CNC(=O)OC(C)(C)C. The van der Waals surface area contributed by atoms with E-state index >= 15 is 0 Å². The van der Waals surface area contributed by atoms with Crippen molar-refractivity contribution in [3.05, 3.63) is 34.9 Å². The van der Waals surface area contributed by atoms with Crippen molar-refractivity contribution in [1.82, 2.24) is 15.5 Å². The van der Waals surface area contributed by atoms with Crippen LogP contribution in [0, 0.1) is 25.2 Å². The monoisotopic (exact) mass is 444 g/mol. The lowest BCUT2D eigenvalue weighted by Gasteiger charge is -2.31. The molecule has 0 saturated heterocycles. The molecule has 1 unspecified atom stereocenters. The lowest BCUT2D eigenvalue weighted by atomic mass is 9.96. The van der Waals surface area contributed by atoms with Crippen LogP contribution in [0.5, 0.6) is 0 Å². The molecule has 8 heteroatoms. The summed E-state index contributed by atoms with van der Waals surface area (Å²) in [5.74, 6) is -0.900. The van der Waals surface area contributed by atoms with Gasteiger partial charge in [0.2, 0.25) is 11.8 Å². The van der Waals surface area contributed by atoms with Crippen molar-refractivity contribution in [3.8, 4) is 6.07 Å². The third-order valence-electron chi connectivity index (χ3n) is 4.71. The van der Waals surface area contributed by atoms with Gasteiger partial charge in [-0.1, -0.05) is 43.5 Å². The van der Waals surface area contributed by atoms with Gasteiger partial charge in [0.25, 0.3) is 0 Å². The number of aryl methyl sites for hydroxylation is 2. The molecule has 176 valence electrons. The van der Waals surface area contributed by atoms with Crippen molar-refractivity contribution in [3.63, 3.8) is 0 Å². The number of nitrogens with zero attached hydrogens (tertiary/aromatic N) is 2. The van der Waals surface area contributed by atoms with Gasteiger partial charge in [-0.3, -0.25) is 9.59 Å². The minimum Gasteiger partial charge on any atom is -0.444 e. The van der Waals surface area contributed by atoms with E-state index in [1.807, 2.05) is 38.1 Å². The second kappa shape index (κ2) is 12.7. The zero-order chi connectivity index (χ0) is 24.3. The maximum Gasteiger partial charge on any atom is 0.408 e. The Balaban J connectivity index is 3.16. The maximum absolute atomic E-state index is 13.2. The second-order valence-corrected chi connectivity index (χ2v) is 8.80. The van der Waals surface area contributed by atoms with Crippen LogP contribution in [-0.4, -0.2) is 48.0 Å². The van der Waals surface area contributed by atoms with Gasteiger partial charge < -0.3 is 20.3 Å². The molecule has 3 amide bonds. The summed E-state index contributed by atoms with van der Waals surface area (Å²) < 4.78 is 5.17. The van der Waals surface area contributed by atoms with Gasteiger partial charge in [0.1, 0.15) is 24.7 Å². The minimum absolute atomic E-state index is 0.296.